The van der Waals surface area contributed by atoms with E-state index in [1.165, 1.54) is 6.07 Å². The monoisotopic (exact) mass is 276 g/mol. The van der Waals surface area contributed by atoms with Crippen molar-refractivity contribution in [3.8, 4) is 0 Å². The van der Waals surface area contributed by atoms with Crippen LogP contribution in [-0.2, 0) is 24.4 Å². The highest BCUT2D eigenvalue weighted by Gasteiger charge is 2.15. The smallest absolute Gasteiger partial charge is 0.159 e. The van der Waals surface area contributed by atoms with Crippen LogP contribution in [0.1, 0.15) is 28.4 Å². The number of halogens is 2. The Kier molecular flexibility index (Phi) is 3.51. The molecule has 2 aromatic carbocycles. The second-order valence-electron chi connectivity index (χ2n) is 4.99. The number of rotatable bonds is 3. The molecule has 0 saturated carbocycles. The largest absolute Gasteiger partial charge is 0.388 e. The zero-order chi connectivity index (χ0) is 14.1. The molecule has 1 atom stereocenters. The van der Waals surface area contributed by atoms with E-state index < -0.39 is 17.7 Å². The van der Waals surface area contributed by atoms with Crippen molar-refractivity contribution in [2.45, 2.75) is 25.7 Å². The van der Waals surface area contributed by atoms with Gasteiger partial charge in [0.1, 0.15) is 0 Å². The zero-order valence-electron chi connectivity index (χ0n) is 10.8. The standard InChI is InChI=1S/C16H14F2O2/c17-14-4-1-10(5-15(14)18)6-16(19)11-2-3-12-8-20-9-13(12)7-11/h1-5,7,16,19H,6,8-9H2. The highest BCUT2D eigenvalue weighted by Crippen LogP contribution is 2.26. The van der Waals surface area contributed by atoms with Crippen LogP contribution >= 0.6 is 0 Å². The second kappa shape index (κ2) is 5.31. The first-order chi connectivity index (χ1) is 9.63. The van der Waals surface area contributed by atoms with E-state index in [0.717, 1.165) is 28.8 Å². The van der Waals surface area contributed by atoms with E-state index in [9.17, 15) is 13.9 Å². The average Bonchev–Trinajstić information content (AvgIpc) is 2.90. The van der Waals surface area contributed by atoms with Crippen molar-refractivity contribution < 1.29 is 18.6 Å². The first-order valence-electron chi connectivity index (χ1n) is 6.45. The number of ether oxygens (including phenoxy) is 1. The molecule has 1 aliphatic rings. The molecule has 0 aromatic heterocycles. The van der Waals surface area contributed by atoms with Crippen molar-refractivity contribution in [2.75, 3.05) is 0 Å². The Morgan fingerprint density at radius 2 is 1.80 bits per heavy atom. The summed E-state index contributed by atoms with van der Waals surface area (Å²) in [5.74, 6) is -1.77. The molecule has 1 aliphatic heterocycles. The van der Waals surface area contributed by atoms with Crippen LogP contribution in [0.25, 0.3) is 0 Å². The summed E-state index contributed by atoms with van der Waals surface area (Å²) in [6, 6.07) is 9.37. The second-order valence-corrected chi connectivity index (χ2v) is 4.99. The van der Waals surface area contributed by atoms with Crippen molar-refractivity contribution in [3.05, 3.63) is 70.3 Å². The quantitative estimate of drug-likeness (QED) is 0.932. The number of aliphatic hydroxyl groups is 1. The predicted molar refractivity (Wildman–Crippen MR) is 70.0 cm³/mol. The van der Waals surface area contributed by atoms with E-state index in [1.54, 1.807) is 0 Å². The average molecular weight is 276 g/mol. The minimum atomic E-state index is -0.892. The van der Waals surface area contributed by atoms with Gasteiger partial charge in [-0.1, -0.05) is 24.3 Å². The molecule has 4 heteroatoms. The third-order valence-electron chi connectivity index (χ3n) is 3.54. The molecule has 3 rings (SSSR count). The van der Waals surface area contributed by atoms with Gasteiger partial charge < -0.3 is 9.84 Å². The summed E-state index contributed by atoms with van der Waals surface area (Å²) in [6.45, 7) is 1.16. The maximum Gasteiger partial charge on any atom is 0.159 e. The number of hydrogen-bond donors (Lipinski definition) is 1. The van der Waals surface area contributed by atoms with Crippen molar-refractivity contribution in [1.29, 1.82) is 0 Å². The summed E-state index contributed by atoms with van der Waals surface area (Å²) in [5.41, 5.74) is 3.53. The number of fused-ring (bicyclic) bond motifs is 1. The molecule has 20 heavy (non-hydrogen) atoms. The minimum Gasteiger partial charge on any atom is -0.388 e. The Bertz CT molecular complexity index is 640. The fourth-order valence-electron chi connectivity index (χ4n) is 2.41. The van der Waals surface area contributed by atoms with E-state index in [-0.39, 0.29) is 6.42 Å². The first-order valence-corrected chi connectivity index (χ1v) is 6.45. The summed E-state index contributed by atoms with van der Waals surface area (Å²) in [4.78, 5) is 0. The molecule has 2 aromatic rings. The predicted octanol–water partition coefficient (Wildman–Crippen LogP) is 3.27. The molecule has 0 radical (unpaired) electrons. The molecule has 2 nitrogen and oxygen atoms in total. The highest BCUT2D eigenvalue weighted by atomic mass is 19.2. The van der Waals surface area contributed by atoms with Crippen molar-refractivity contribution in [1.82, 2.24) is 0 Å². The maximum atomic E-state index is 13.1. The van der Waals surface area contributed by atoms with E-state index in [4.69, 9.17) is 4.74 Å². The van der Waals surface area contributed by atoms with Gasteiger partial charge in [0.2, 0.25) is 0 Å². The van der Waals surface area contributed by atoms with Gasteiger partial charge >= 0.3 is 0 Å². The molecule has 0 saturated heterocycles. The molecule has 0 bridgehead atoms. The molecule has 1 heterocycles. The summed E-state index contributed by atoms with van der Waals surface area (Å²) in [7, 11) is 0. The summed E-state index contributed by atoms with van der Waals surface area (Å²) < 4.78 is 31.3. The Morgan fingerprint density at radius 3 is 2.60 bits per heavy atom. The molecular formula is C16H14F2O2. The van der Waals surface area contributed by atoms with Gasteiger partial charge in [-0.05, 0) is 34.4 Å². The van der Waals surface area contributed by atoms with Gasteiger partial charge in [0, 0.05) is 6.42 Å². The van der Waals surface area contributed by atoms with Crippen LogP contribution in [0, 0.1) is 11.6 Å². The SMILES string of the molecule is OC(Cc1ccc(F)c(F)c1)c1ccc2c(c1)COC2. The molecular weight excluding hydrogens is 262 g/mol. The summed E-state index contributed by atoms with van der Waals surface area (Å²) >= 11 is 0. The molecule has 1 N–H and O–H groups in total. The molecule has 0 aliphatic carbocycles. The number of benzene rings is 2. The van der Waals surface area contributed by atoms with Gasteiger partial charge in [-0.25, -0.2) is 8.78 Å². The number of aliphatic hydroxyl groups excluding tert-OH is 1. The fraction of sp³-hybridized carbons (Fsp3) is 0.250. The van der Waals surface area contributed by atoms with E-state index in [0.29, 0.717) is 18.8 Å². The van der Waals surface area contributed by atoms with E-state index in [2.05, 4.69) is 0 Å². The van der Waals surface area contributed by atoms with Gasteiger partial charge in [-0.3, -0.25) is 0 Å². The van der Waals surface area contributed by atoms with Gasteiger partial charge in [-0.2, -0.15) is 0 Å². The highest BCUT2D eigenvalue weighted by molar-refractivity contribution is 5.34. The van der Waals surface area contributed by atoms with Crippen LogP contribution < -0.4 is 0 Å². The molecule has 104 valence electrons. The normalized spacial score (nSPS) is 15.2. The Hall–Kier alpha value is -1.78. The van der Waals surface area contributed by atoms with E-state index >= 15 is 0 Å². The van der Waals surface area contributed by atoms with Crippen LogP contribution in [0.3, 0.4) is 0 Å². The zero-order valence-corrected chi connectivity index (χ0v) is 10.8. The van der Waals surface area contributed by atoms with Crippen LogP contribution in [0.15, 0.2) is 36.4 Å². The van der Waals surface area contributed by atoms with Crippen molar-refractivity contribution in [2.24, 2.45) is 0 Å². The Labute approximate surface area is 115 Å². The van der Waals surface area contributed by atoms with Crippen molar-refractivity contribution in [3.63, 3.8) is 0 Å². The van der Waals surface area contributed by atoms with Gasteiger partial charge in [0.15, 0.2) is 11.6 Å². The lowest BCUT2D eigenvalue weighted by atomic mass is 9.98. The summed E-state index contributed by atoms with van der Waals surface area (Å²) in [6.07, 6.45) is -0.498. The van der Waals surface area contributed by atoms with Crippen molar-refractivity contribution >= 4 is 0 Å². The third-order valence-corrected chi connectivity index (χ3v) is 3.54. The van der Waals surface area contributed by atoms with Crippen LogP contribution in [0.2, 0.25) is 0 Å². The molecule has 0 fully saturated rings. The Balaban J connectivity index is 1.78. The lowest BCUT2D eigenvalue weighted by Crippen LogP contribution is -2.03. The van der Waals surface area contributed by atoms with Crippen LogP contribution in [0.5, 0.6) is 0 Å². The third kappa shape index (κ3) is 2.57. The van der Waals surface area contributed by atoms with Gasteiger partial charge in [-0.15, -0.1) is 0 Å². The van der Waals surface area contributed by atoms with Crippen LogP contribution in [0.4, 0.5) is 8.78 Å². The number of hydrogen-bond acceptors (Lipinski definition) is 2. The minimum absolute atomic E-state index is 0.247. The lowest BCUT2D eigenvalue weighted by molar-refractivity contribution is 0.134. The van der Waals surface area contributed by atoms with Crippen LogP contribution in [-0.4, -0.2) is 5.11 Å². The molecule has 1 unspecified atom stereocenters. The summed E-state index contributed by atoms with van der Waals surface area (Å²) in [5, 5.41) is 10.2. The van der Waals surface area contributed by atoms with Gasteiger partial charge in [0.05, 0.1) is 19.3 Å². The topological polar surface area (TPSA) is 29.5 Å². The first kappa shape index (κ1) is 13.2. The fourth-order valence-corrected chi connectivity index (χ4v) is 2.41. The van der Waals surface area contributed by atoms with E-state index in [1.807, 2.05) is 18.2 Å². The van der Waals surface area contributed by atoms with Gasteiger partial charge in [0.25, 0.3) is 0 Å². The lowest BCUT2D eigenvalue weighted by Gasteiger charge is -2.12. The molecule has 0 spiro atoms. The Morgan fingerprint density at radius 1 is 1.00 bits per heavy atom. The maximum absolute atomic E-state index is 13.1. The molecule has 0 amide bonds.